The molecule has 2 aromatic rings. The van der Waals surface area contributed by atoms with Gasteiger partial charge in [0, 0.05) is 0 Å². The van der Waals surface area contributed by atoms with E-state index in [9.17, 15) is 40.8 Å². The number of alkyl halides is 3. The van der Waals surface area contributed by atoms with Crippen LogP contribution in [0.25, 0.3) is 6.08 Å². The second kappa shape index (κ2) is 14.7. The monoisotopic (exact) mass is 590 g/mol. The lowest BCUT2D eigenvalue weighted by molar-refractivity contribution is -0.140. The zero-order valence-electron chi connectivity index (χ0n) is 21.7. The predicted molar refractivity (Wildman–Crippen MR) is 133 cm³/mol. The van der Waals surface area contributed by atoms with Crippen LogP contribution in [0.15, 0.2) is 43.0 Å². The molecule has 218 valence electrons. The Morgan fingerprint density at radius 2 is 1.23 bits per heavy atom. The van der Waals surface area contributed by atoms with E-state index in [0.29, 0.717) is 16.7 Å². The number of hydrogen-bond acceptors (Lipinski definition) is 11. The quantitative estimate of drug-likeness (QED) is 0.183. The van der Waals surface area contributed by atoms with Gasteiger partial charge in [0.15, 0.2) is 5.75 Å². The maximum Gasteiger partial charge on any atom is 0.534 e. The van der Waals surface area contributed by atoms with Gasteiger partial charge in [-0.1, -0.05) is 43.0 Å². The van der Waals surface area contributed by atoms with E-state index < -0.39 is 57.2 Å². The molecule has 0 fully saturated rings. The fraction of sp³-hybridized carbons (Fsp3) is 0.280. The molecule has 11 nitrogen and oxygen atoms in total. The van der Waals surface area contributed by atoms with Gasteiger partial charge in [-0.2, -0.15) is 21.6 Å². The van der Waals surface area contributed by atoms with Gasteiger partial charge in [0.05, 0.1) is 46.8 Å². The molecule has 0 saturated heterocycles. The predicted octanol–water partition coefficient (Wildman–Crippen LogP) is 3.25. The van der Waals surface area contributed by atoms with Crippen molar-refractivity contribution in [3.63, 3.8) is 0 Å². The Morgan fingerprint density at radius 3 is 1.65 bits per heavy atom. The minimum Gasteiger partial charge on any atom is -0.469 e. The van der Waals surface area contributed by atoms with Gasteiger partial charge < -0.3 is 23.1 Å². The summed E-state index contributed by atoms with van der Waals surface area (Å²) in [4.78, 5) is 45.9. The molecule has 0 aliphatic heterocycles. The average molecular weight is 591 g/mol. The van der Waals surface area contributed by atoms with Crippen LogP contribution in [0, 0.1) is 0 Å². The molecular formula is C25H25F3O11S. The van der Waals surface area contributed by atoms with E-state index in [2.05, 4.69) is 25.0 Å². The van der Waals surface area contributed by atoms with Crippen molar-refractivity contribution < 1.29 is 63.9 Å². The third-order valence-electron chi connectivity index (χ3n) is 4.90. The number of esters is 4. The van der Waals surface area contributed by atoms with Gasteiger partial charge in [-0.05, 0) is 22.8 Å². The van der Waals surface area contributed by atoms with Crippen LogP contribution < -0.4 is 4.18 Å². The lowest BCUT2D eigenvalue weighted by Gasteiger charge is -2.14. The molecule has 0 radical (unpaired) electrons. The highest BCUT2D eigenvalue weighted by Gasteiger charge is 2.49. The number of ether oxygens (including phenoxy) is 4. The fourth-order valence-corrected chi connectivity index (χ4v) is 3.51. The fourth-order valence-electron chi connectivity index (χ4n) is 3.04. The van der Waals surface area contributed by atoms with Gasteiger partial charge >= 0.3 is 39.5 Å². The number of carbonyl (C=O) groups is 4. The second-order valence-corrected chi connectivity index (χ2v) is 8.89. The number of carbonyl (C=O) groups excluding carboxylic acids is 4. The topological polar surface area (TPSA) is 149 Å². The molecule has 0 saturated carbocycles. The highest BCUT2D eigenvalue weighted by Crippen LogP contribution is 2.31. The van der Waals surface area contributed by atoms with E-state index in [-0.39, 0.29) is 12.0 Å². The van der Waals surface area contributed by atoms with Gasteiger partial charge in [0.2, 0.25) is 0 Å². The Labute approximate surface area is 227 Å². The number of hydrogen-bond donors (Lipinski definition) is 0. The maximum atomic E-state index is 12.4. The first-order valence-corrected chi connectivity index (χ1v) is 12.2. The summed E-state index contributed by atoms with van der Waals surface area (Å²) < 4.78 is 81.4. The van der Waals surface area contributed by atoms with Crippen LogP contribution >= 0.6 is 0 Å². The molecule has 0 spiro atoms. The van der Waals surface area contributed by atoms with Crippen LogP contribution in [0.5, 0.6) is 5.75 Å². The number of rotatable bonds is 9. The minimum absolute atomic E-state index is 0.0304. The zero-order valence-corrected chi connectivity index (χ0v) is 22.5. The Morgan fingerprint density at radius 1 is 0.775 bits per heavy atom. The largest absolute Gasteiger partial charge is 0.534 e. The third-order valence-corrected chi connectivity index (χ3v) is 5.87. The first-order valence-electron chi connectivity index (χ1n) is 10.8. The summed E-state index contributed by atoms with van der Waals surface area (Å²) in [5, 5.41) is 0. The summed E-state index contributed by atoms with van der Waals surface area (Å²) in [6.45, 7) is 3.62. The summed E-state index contributed by atoms with van der Waals surface area (Å²) in [6, 6.07) is 8.34. The smallest absolute Gasteiger partial charge is 0.469 e. The van der Waals surface area contributed by atoms with Crippen molar-refractivity contribution in [2.75, 3.05) is 28.4 Å². The minimum atomic E-state index is -5.99. The zero-order chi connectivity index (χ0) is 30.7. The number of halogens is 3. The Kier molecular flexibility index (Phi) is 12.3. The first-order chi connectivity index (χ1) is 18.7. The first kappa shape index (κ1) is 33.6. The average Bonchev–Trinajstić information content (AvgIpc) is 2.91. The second-order valence-electron chi connectivity index (χ2n) is 7.35. The van der Waals surface area contributed by atoms with Crippen LogP contribution in [0.4, 0.5) is 13.2 Å². The number of methoxy groups -OCH3 is 4. The Balaban J connectivity index is 0.000000418. The highest BCUT2D eigenvalue weighted by molar-refractivity contribution is 7.88. The summed E-state index contributed by atoms with van der Waals surface area (Å²) in [5.41, 5.74) is -4.85. The van der Waals surface area contributed by atoms with Crippen molar-refractivity contribution in [3.05, 3.63) is 70.8 Å². The van der Waals surface area contributed by atoms with E-state index in [1.807, 2.05) is 0 Å². The van der Waals surface area contributed by atoms with Crippen LogP contribution in [0.1, 0.15) is 37.4 Å². The molecule has 2 rings (SSSR count). The van der Waals surface area contributed by atoms with Gasteiger partial charge in [-0.25, -0.2) is 9.59 Å². The van der Waals surface area contributed by atoms with Gasteiger partial charge in [-0.15, -0.1) is 0 Å². The van der Waals surface area contributed by atoms with Crippen molar-refractivity contribution in [1.82, 2.24) is 0 Å². The van der Waals surface area contributed by atoms with Crippen molar-refractivity contribution in [3.8, 4) is 5.75 Å². The van der Waals surface area contributed by atoms with Crippen LogP contribution in [0.3, 0.4) is 0 Å². The molecule has 0 bridgehead atoms. The molecule has 15 heteroatoms. The molecule has 0 heterocycles. The molecule has 0 unspecified atom stereocenters. The molecule has 40 heavy (non-hydrogen) atoms. The Hall–Kier alpha value is -4.40. The van der Waals surface area contributed by atoms with E-state index >= 15 is 0 Å². The molecule has 0 atom stereocenters. The molecule has 0 aliphatic rings. The molecule has 2 aromatic carbocycles. The highest BCUT2D eigenvalue weighted by atomic mass is 32.2. The van der Waals surface area contributed by atoms with Gasteiger partial charge in [-0.3, -0.25) is 9.59 Å². The molecule has 0 N–H and O–H groups in total. The SMILES string of the molecule is C=Cc1cccc(CC(=O)OC)c1C(=O)OC.COC(=O)Cc1cccc(OS(=O)(=O)C(F)(F)F)c1C(=O)OC. The van der Waals surface area contributed by atoms with E-state index in [1.165, 1.54) is 20.3 Å². The summed E-state index contributed by atoms with van der Waals surface area (Å²) in [7, 11) is -1.40. The molecular weight excluding hydrogens is 565 g/mol. The van der Waals surface area contributed by atoms with Crippen LogP contribution in [-0.2, 0) is 51.5 Å². The summed E-state index contributed by atoms with van der Waals surface area (Å²) in [6.07, 6.45) is 1.08. The van der Waals surface area contributed by atoms with Crippen molar-refractivity contribution >= 4 is 40.1 Å². The molecule has 0 amide bonds. The standard InChI is InChI=1S/C13H14O4.C12H11F3O7S/c1-4-9-6-5-7-10(8-11(14)16-2)12(9)13(15)17-3;1-20-9(16)6-7-4-3-5-8(10(7)11(17)21-2)22-23(18,19)12(13,14)15/h4-7H,1,8H2,2-3H3;3-5H,6H2,1-2H3. The van der Waals surface area contributed by atoms with E-state index in [4.69, 9.17) is 4.74 Å². The molecule has 0 aliphatic carbocycles. The van der Waals surface area contributed by atoms with E-state index in [1.54, 1.807) is 24.3 Å². The van der Waals surface area contributed by atoms with Crippen LogP contribution in [0.2, 0.25) is 0 Å². The van der Waals surface area contributed by atoms with Gasteiger partial charge in [0.1, 0.15) is 5.56 Å². The lowest BCUT2D eigenvalue weighted by Crippen LogP contribution is -2.29. The van der Waals surface area contributed by atoms with Gasteiger partial charge in [0.25, 0.3) is 0 Å². The Bertz CT molecular complexity index is 1370. The van der Waals surface area contributed by atoms with Crippen molar-refractivity contribution in [2.24, 2.45) is 0 Å². The van der Waals surface area contributed by atoms with Crippen LogP contribution in [-0.4, -0.2) is 66.2 Å². The third kappa shape index (κ3) is 8.83. The molecule has 0 aromatic heterocycles. The van der Waals surface area contributed by atoms with Crippen molar-refractivity contribution in [1.29, 1.82) is 0 Å². The summed E-state index contributed by atoms with van der Waals surface area (Å²) >= 11 is 0. The van der Waals surface area contributed by atoms with Crippen molar-refractivity contribution in [2.45, 2.75) is 18.3 Å². The summed E-state index contributed by atoms with van der Waals surface area (Å²) in [5.74, 6) is -3.77. The lowest BCUT2D eigenvalue weighted by atomic mass is 9.99. The maximum absolute atomic E-state index is 12.4. The number of benzene rings is 2. The van der Waals surface area contributed by atoms with E-state index in [0.717, 1.165) is 26.4 Å². The normalized spacial score (nSPS) is 10.8.